The predicted octanol–water partition coefficient (Wildman–Crippen LogP) is 0.0115. The molecule has 1 unspecified atom stereocenters. The van der Waals surface area contributed by atoms with Crippen LogP contribution < -0.4 is 10.2 Å². The standard InChI is InChI=1S/C16H24N6O2/c1-13(16(23)20-4-3-11-24-2)21-7-9-22(10-8-21)15-14(12-17)18-5-6-19-15/h5-6,13H,3-4,7-11H2,1-2H3,(H,20,23). The lowest BCUT2D eigenvalue weighted by atomic mass is 10.2. The number of carbonyl (C=O) groups excluding carboxylic acids is 1. The van der Waals surface area contributed by atoms with Gasteiger partial charge in [0.05, 0.1) is 6.04 Å². The van der Waals surface area contributed by atoms with Crippen LogP contribution in [0.5, 0.6) is 0 Å². The van der Waals surface area contributed by atoms with Crippen LogP contribution in [0.3, 0.4) is 0 Å². The minimum absolute atomic E-state index is 0.0387. The van der Waals surface area contributed by atoms with E-state index in [0.717, 1.165) is 19.5 Å². The summed E-state index contributed by atoms with van der Waals surface area (Å²) in [6, 6.07) is 1.90. The molecule has 1 atom stereocenters. The van der Waals surface area contributed by atoms with Gasteiger partial charge < -0.3 is 15.0 Å². The molecule has 0 bridgehead atoms. The monoisotopic (exact) mass is 332 g/mol. The molecule has 24 heavy (non-hydrogen) atoms. The zero-order chi connectivity index (χ0) is 17.4. The van der Waals surface area contributed by atoms with E-state index in [1.54, 1.807) is 13.3 Å². The van der Waals surface area contributed by atoms with Crippen LogP contribution >= 0.6 is 0 Å². The number of aromatic nitrogens is 2. The molecule has 1 amide bonds. The van der Waals surface area contributed by atoms with Crippen LogP contribution in [0.4, 0.5) is 5.82 Å². The first-order chi connectivity index (χ1) is 11.7. The highest BCUT2D eigenvalue weighted by molar-refractivity contribution is 5.81. The van der Waals surface area contributed by atoms with E-state index in [1.807, 2.05) is 11.8 Å². The number of anilines is 1. The Hall–Kier alpha value is -2.24. The molecule has 0 radical (unpaired) electrons. The number of nitriles is 1. The van der Waals surface area contributed by atoms with E-state index in [-0.39, 0.29) is 11.9 Å². The van der Waals surface area contributed by atoms with Gasteiger partial charge in [0.1, 0.15) is 6.07 Å². The van der Waals surface area contributed by atoms with Crippen molar-refractivity contribution in [1.29, 1.82) is 5.26 Å². The van der Waals surface area contributed by atoms with Gasteiger partial charge in [0, 0.05) is 58.8 Å². The molecule has 1 fully saturated rings. The third kappa shape index (κ3) is 4.63. The van der Waals surface area contributed by atoms with Gasteiger partial charge in [0.15, 0.2) is 11.5 Å². The second-order valence-corrected chi connectivity index (χ2v) is 5.68. The molecule has 1 aromatic heterocycles. The largest absolute Gasteiger partial charge is 0.385 e. The van der Waals surface area contributed by atoms with Crippen LogP contribution in [0.2, 0.25) is 0 Å². The first-order valence-corrected chi connectivity index (χ1v) is 8.14. The Kier molecular flexibility index (Phi) is 6.90. The number of nitrogens with zero attached hydrogens (tertiary/aromatic N) is 5. The van der Waals surface area contributed by atoms with Crippen molar-refractivity contribution in [3.8, 4) is 6.07 Å². The highest BCUT2D eigenvalue weighted by Gasteiger charge is 2.26. The molecule has 0 spiro atoms. The fourth-order valence-electron chi connectivity index (χ4n) is 2.70. The van der Waals surface area contributed by atoms with Crippen molar-refractivity contribution in [3.05, 3.63) is 18.1 Å². The molecule has 8 heteroatoms. The number of amides is 1. The lowest BCUT2D eigenvalue weighted by Gasteiger charge is -2.38. The SMILES string of the molecule is COCCCNC(=O)C(C)N1CCN(c2nccnc2C#N)CC1. The summed E-state index contributed by atoms with van der Waals surface area (Å²) in [5, 5.41) is 12.1. The van der Waals surface area contributed by atoms with Crippen LogP contribution in [0, 0.1) is 11.3 Å². The van der Waals surface area contributed by atoms with Crippen molar-refractivity contribution in [2.45, 2.75) is 19.4 Å². The maximum absolute atomic E-state index is 12.2. The number of carbonyl (C=O) groups is 1. The lowest BCUT2D eigenvalue weighted by molar-refractivity contribution is -0.126. The summed E-state index contributed by atoms with van der Waals surface area (Å²) in [7, 11) is 1.65. The third-order valence-electron chi connectivity index (χ3n) is 4.15. The molecule has 1 aliphatic heterocycles. The van der Waals surface area contributed by atoms with Gasteiger partial charge in [-0.1, -0.05) is 0 Å². The molecular weight excluding hydrogens is 308 g/mol. The molecule has 2 heterocycles. The summed E-state index contributed by atoms with van der Waals surface area (Å²) in [4.78, 5) is 24.7. The normalized spacial score (nSPS) is 16.5. The Bertz CT molecular complexity index is 580. The molecule has 0 aromatic carbocycles. The Morgan fingerprint density at radius 1 is 1.38 bits per heavy atom. The van der Waals surface area contributed by atoms with Gasteiger partial charge in [-0.15, -0.1) is 0 Å². The van der Waals surface area contributed by atoms with Gasteiger partial charge in [-0.2, -0.15) is 5.26 Å². The summed E-state index contributed by atoms with van der Waals surface area (Å²) >= 11 is 0. The second-order valence-electron chi connectivity index (χ2n) is 5.68. The van der Waals surface area contributed by atoms with Crippen molar-refractivity contribution in [1.82, 2.24) is 20.2 Å². The average Bonchev–Trinajstić information content (AvgIpc) is 2.64. The fraction of sp³-hybridized carbons (Fsp3) is 0.625. The predicted molar refractivity (Wildman–Crippen MR) is 89.5 cm³/mol. The van der Waals surface area contributed by atoms with Crippen molar-refractivity contribution >= 4 is 11.7 Å². The van der Waals surface area contributed by atoms with Gasteiger partial charge in [-0.3, -0.25) is 9.69 Å². The smallest absolute Gasteiger partial charge is 0.237 e. The third-order valence-corrected chi connectivity index (χ3v) is 4.15. The van der Waals surface area contributed by atoms with Gasteiger partial charge in [0.25, 0.3) is 0 Å². The van der Waals surface area contributed by atoms with Crippen molar-refractivity contribution in [3.63, 3.8) is 0 Å². The summed E-state index contributed by atoms with van der Waals surface area (Å²) in [5.74, 6) is 0.660. The molecule has 1 N–H and O–H groups in total. The molecule has 1 saturated heterocycles. The number of hydrogen-bond donors (Lipinski definition) is 1. The molecule has 1 aliphatic rings. The molecule has 0 saturated carbocycles. The number of ether oxygens (including phenoxy) is 1. The van der Waals surface area contributed by atoms with Gasteiger partial charge in [-0.05, 0) is 13.3 Å². The summed E-state index contributed by atoms with van der Waals surface area (Å²) < 4.78 is 4.97. The quantitative estimate of drug-likeness (QED) is 0.703. The number of piperazine rings is 1. The zero-order valence-electron chi connectivity index (χ0n) is 14.2. The molecule has 0 aliphatic carbocycles. The maximum atomic E-state index is 12.2. The Labute approximate surface area is 142 Å². The van der Waals surface area contributed by atoms with Gasteiger partial charge in [-0.25, -0.2) is 9.97 Å². The van der Waals surface area contributed by atoms with Crippen LogP contribution in [0.1, 0.15) is 19.0 Å². The molecule has 8 nitrogen and oxygen atoms in total. The minimum Gasteiger partial charge on any atom is -0.385 e. The lowest BCUT2D eigenvalue weighted by Crippen LogP contribution is -2.54. The average molecular weight is 332 g/mol. The topological polar surface area (TPSA) is 94.4 Å². The molecule has 2 rings (SSSR count). The van der Waals surface area contributed by atoms with E-state index < -0.39 is 0 Å². The van der Waals surface area contributed by atoms with E-state index in [9.17, 15) is 4.79 Å². The van der Waals surface area contributed by atoms with Crippen LogP contribution in [-0.2, 0) is 9.53 Å². The van der Waals surface area contributed by atoms with E-state index in [4.69, 9.17) is 10.00 Å². The van der Waals surface area contributed by atoms with Crippen LogP contribution in [0.25, 0.3) is 0 Å². The van der Waals surface area contributed by atoms with E-state index in [1.165, 1.54) is 6.20 Å². The van der Waals surface area contributed by atoms with Gasteiger partial charge in [0.2, 0.25) is 5.91 Å². The molecule has 130 valence electrons. The van der Waals surface area contributed by atoms with E-state index in [0.29, 0.717) is 37.8 Å². The van der Waals surface area contributed by atoms with Crippen LogP contribution in [0.15, 0.2) is 12.4 Å². The van der Waals surface area contributed by atoms with Crippen molar-refractivity contribution in [2.24, 2.45) is 0 Å². The number of hydrogen-bond acceptors (Lipinski definition) is 7. The summed E-state index contributed by atoms with van der Waals surface area (Å²) in [5.41, 5.74) is 0.342. The first-order valence-electron chi connectivity index (χ1n) is 8.14. The second kappa shape index (κ2) is 9.15. The first kappa shape index (κ1) is 18.1. The summed E-state index contributed by atoms with van der Waals surface area (Å²) in [6.45, 7) is 6.12. The number of nitrogens with one attached hydrogen (secondary N) is 1. The van der Waals surface area contributed by atoms with Gasteiger partial charge >= 0.3 is 0 Å². The Morgan fingerprint density at radius 2 is 2.08 bits per heavy atom. The Balaban J connectivity index is 1.83. The molecule has 1 aromatic rings. The fourth-order valence-corrected chi connectivity index (χ4v) is 2.70. The van der Waals surface area contributed by atoms with E-state index >= 15 is 0 Å². The minimum atomic E-state index is -0.174. The zero-order valence-corrected chi connectivity index (χ0v) is 14.2. The highest BCUT2D eigenvalue weighted by atomic mass is 16.5. The molecular formula is C16H24N6O2. The van der Waals surface area contributed by atoms with E-state index in [2.05, 4.69) is 26.3 Å². The summed E-state index contributed by atoms with van der Waals surface area (Å²) in [6.07, 6.45) is 3.93. The van der Waals surface area contributed by atoms with Crippen molar-refractivity contribution in [2.75, 3.05) is 51.3 Å². The highest BCUT2D eigenvalue weighted by Crippen LogP contribution is 2.17. The van der Waals surface area contributed by atoms with Crippen LogP contribution in [-0.4, -0.2) is 73.3 Å². The number of rotatable bonds is 7. The number of methoxy groups -OCH3 is 1. The van der Waals surface area contributed by atoms with Crippen molar-refractivity contribution < 1.29 is 9.53 Å². The Morgan fingerprint density at radius 3 is 2.75 bits per heavy atom. The maximum Gasteiger partial charge on any atom is 0.237 e.